The van der Waals surface area contributed by atoms with Crippen molar-refractivity contribution in [2.24, 2.45) is 0 Å². The van der Waals surface area contributed by atoms with Crippen LogP contribution in [-0.4, -0.2) is 16.5 Å². The lowest BCUT2D eigenvalue weighted by Crippen LogP contribution is -2.02. The van der Waals surface area contributed by atoms with Gasteiger partial charge in [0.25, 0.3) is 0 Å². The first-order chi connectivity index (χ1) is 7.19. The van der Waals surface area contributed by atoms with Gasteiger partial charge in [0, 0.05) is 5.75 Å². The predicted molar refractivity (Wildman–Crippen MR) is 66.9 cm³/mol. The summed E-state index contributed by atoms with van der Waals surface area (Å²) in [5.41, 5.74) is 2.20. The fraction of sp³-hybridized carbons (Fsp3) is 0.273. The zero-order valence-corrected chi connectivity index (χ0v) is 10.1. The van der Waals surface area contributed by atoms with Crippen molar-refractivity contribution < 1.29 is 4.79 Å². The fourth-order valence-electron chi connectivity index (χ4n) is 1.38. The number of carbonyl (C=O) groups is 1. The standard InChI is InChI=1S/C11H11NOS2/c1-7-2-3-9-10(4-7)15-11(12-9)5-8(13)6-14/h2-4,14H,5-6H2,1H3. The Morgan fingerprint density at radius 1 is 1.53 bits per heavy atom. The number of hydrogen-bond donors (Lipinski definition) is 1. The van der Waals surface area contributed by atoms with Crippen LogP contribution in [0.4, 0.5) is 0 Å². The van der Waals surface area contributed by atoms with Crippen LogP contribution in [0.25, 0.3) is 10.2 Å². The number of nitrogens with zero attached hydrogens (tertiary/aromatic N) is 1. The second-order valence-corrected chi connectivity index (χ2v) is 4.88. The fourth-order valence-corrected chi connectivity index (χ4v) is 2.59. The molecule has 2 rings (SSSR count). The number of Topliss-reactive ketones (excluding diaryl/α,β-unsaturated/α-hetero) is 1. The number of hydrogen-bond acceptors (Lipinski definition) is 4. The van der Waals surface area contributed by atoms with E-state index in [1.54, 1.807) is 11.3 Å². The summed E-state index contributed by atoms with van der Waals surface area (Å²) in [4.78, 5) is 15.6. The van der Waals surface area contributed by atoms with E-state index < -0.39 is 0 Å². The lowest BCUT2D eigenvalue weighted by Gasteiger charge is -1.89. The Balaban J connectivity index is 2.34. The largest absolute Gasteiger partial charge is 0.298 e. The number of thiazole rings is 1. The molecule has 2 nitrogen and oxygen atoms in total. The Morgan fingerprint density at radius 3 is 3.07 bits per heavy atom. The van der Waals surface area contributed by atoms with Gasteiger partial charge in [0.2, 0.25) is 0 Å². The van der Waals surface area contributed by atoms with Gasteiger partial charge in [0.1, 0.15) is 10.8 Å². The van der Waals surface area contributed by atoms with Gasteiger partial charge < -0.3 is 0 Å². The molecule has 0 radical (unpaired) electrons. The van der Waals surface area contributed by atoms with Gasteiger partial charge in [-0.1, -0.05) is 6.07 Å². The number of carbonyl (C=O) groups excluding carboxylic acids is 1. The molecule has 0 bridgehead atoms. The third-order valence-corrected chi connectivity index (χ3v) is 3.48. The number of rotatable bonds is 3. The minimum atomic E-state index is 0.120. The van der Waals surface area contributed by atoms with Gasteiger partial charge in [0.05, 0.1) is 16.6 Å². The molecule has 4 heteroatoms. The van der Waals surface area contributed by atoms with Gasteiger partial charge in [-0.25, -0.2) is 4.98 Å². The maximum absolute atomic E-state index is 11.2. The second kappa shape index (κ2) is 4.33. The summed E-state index contributed by atoms with van der Waals surface area (Å²) in [6.45, 7) is 2.05. The van der Waals surface area contributed by atoms with Crippen molar-refractivity contribution in [1.29, 1.82) is 0 Å². The minimum absolute atomic E-state index is 0.120. The van der Waals surface area contributed by atoms with Crippen LogP contribution in [0.15, 0.2) is 18.2 Å². The zero-order valence-electron chi connectivity index (χ0n) is 8.36. The van der Waals surface area contributed by atoms with Gasteiger partial charge >= 0.3 is 0 Å². The highest BCUT2D eigenvalue weighted by Gasteiger charge is 2.07. The first-order valence-corrected chi connectivity index (χ1v) is 6.12. The number of aryl methyl sites for hydroxylation is 1. The van der Waals surface area contributed by atoms with Crippen molar-refractivity contribution in [1.82, 2.24) is 4.98 Å². The van der Waals surface area contributed by atoms with Gasteiger partial charge in [-0.15, -0.1) is 11.3 Å². The van der Waals surface area contributed by atoms with Crippen LogP contribution in [0.3, 0.4) is 0 Å². The quantitative estimate of drug-likeness (QED) is 0.832. The van der Waals surface area contributed by atoms with Crippen LogP contribution in [0.5, 0.6) is 0 Å². The lowest BCUT2D eigenvalue weighted by molar-refractivity contribution is -0.115. The molecule has 0 atom stereocenters. The Hall–Kier alpha value is -0.870. The molecule has 1 heterocycles. The van der Waals surface area contributed by atoms with E-state index in [0.29, 0.717) is 6.42 Å². The smallest absolute Gasteiger partial charge is 0.149 e. The van der Waals surface area contributed by atoms with E-state index in [4.69, 9.17) is 0 Å². The topological polar surface area (TPSA) is 30.0 Å². The highest BCUT2D eigenvalue weighted by molar-refractivity contribution is 7.81. The third-order valence-electron chi connectivity index (χ3n) is 2.11. The third kappa shape index (κ3) is 2.38. The first-order valence-electron chi connectivity index (χ1n) is 4.67. The Labute approximate surface area is 97.7 Å². The molecular formula is C11H11NOS2. The molecule has 0 saturated carbocycles. The highest BCUT2D eigenvalue weighted by Crippen LogP contribution is 2.23. The molecule has 0 aliphatic carbocycles. The molecule has 2 aromatic rings. The first kappa shape index (κ1) is 10.6. The molecule has 0 spiro atoms. The number of fused-ring (bicyclic) bond motifs is 1. The molecule has 78 valence electrons. The van der Waals surface area contributed by atoms with Gasteiger partial charge in [-0.05, 0) is 24.6 Å². The lowest BCUT2D eigenvalue weighted by atomic mass is 10.2. The number of benzene rings is 1. The minimum Gasteiger partial charge on any atom is -0.298 e. The monoisotopic (exact) mass is 237 g/mol. The number of thiol groups is 1. The molecule has 0 unspecified atom stereocenters. The van der Waals surface area contributed by atoms with E-state index >= 15 is 0 Å². The van der Waals surface area contributed by atoms with Gasteiger partial charge in [-0.2, -0.15) is 12.6 Å². The van der Waals surface area contributed by atoms with Crippen LogP contribution < -0.4 is 0 Å². The van der Waals surface area contributed by atoms with Gasteiger partial charge in [-0.3, -0.25) is 4.79 Å². The number of ketones is 1. The molecule has 0 aliphatic heterocycles. The summed E-state index contributed by atoms with van der Waals surface area (Å²) in [7, 11) is 0. The Morgan fingerprint density at radius 2 is 2.33 bits per heavy atom. The van der Waals surface area contributed by atoms with Crippen molar-refractivity contribution in [3.8, 4) is 0 Å². The van der Waals surface area contributed by atoms with E-state index in [1.807, 2.05) is 12.1 Å². The molecule has 0 fully saturated rings. The Bertz CT molecular complexity index is 504. The van der Waals surface area contributed by atoms with Crippen LogP contribution in [0, 0.1) is 6.92 Å². The van der Waals surface area contributed by atoms with Crippen molar-refractivity contribution in [2.45, 2.75) is 13.3 Å². The molecule has 1 aromatic heterocycles. The van der Waals surface area contributed by atoms with E-state index in [0.717, 1.165) is 15.2 Å². The van der Waals surface area contributed by atoms with E-state index in [1.165, 1.54) is 5.56 Å². The summed E-state index contributed by atoms with van der Waals surface area (Å²) < 4.78 is 1.15. The van der Waals surface area contributed by atoms with Crippen molar-refractivity contribution >= 4 is 40.0 Å². The number of aromatic nitrogens is 1. The van der Waals surface area contributed by atoms with Crippen molar-refractivity contribution in [3.63, 3.8) is 0 Å². The normalized spacial score (nSPS) is 10.8. The van der Waals surface area contributed by atoms with Gasteiger partial charge in [0.15, 0.2) is 0 Å². The summed E-state index contributed by atoms with van der Waals surface area (Å²) in [6, 6.07) is 6.13. The predicted octanol–water partition coefficient (Wildman–Crippen LogP) is 2.65. The maximum atomic E-state index is 11.2. The molecule has 15 heavy (non-hydrogen) atoms. The van der Waals surface area contributed by atoms with E-state index in [2.05, 4.69) is 30.6 Å². The van der Waals surface area contributed by atoms with Crippen LogP contribution in [0.1, 0.15) is 10.6 Å². The average molecular weight is 237 g/mol. The van der Waals surface area contributed by atoms with Crippen LogP contribution in [0.2, 0.25) is 0 Å². The Kier molecular flexibility index (Phi) is 3.07. The van der Waals surface area contributed by atoms with E-state index in [-0.39, 0.29) is 11.5 Å². The van der Waals surface area contributed by atoms with Crippen LogP contribution >= 0.6 is 24.0 Å². The second-order valence-electron chi connectivity index (χ2n) is 3.45. The summed E-state index contributed by atoms with van der Waals surface area (Å²) in [5.74, 6) is 0.406. The molecule has 0 aliphatic rings. The van der Waals surface area contributed by atoms with Crippen molar-refractivity contribution in [2.75, 3.05) is 5.75 Å². The summed E-state index contributed by atoms with van der Waals surface area (Å²) in [6.07, 6.45) is 0.405. The molecule has 0 amide bonds. The zero-order chi connectivity index (χ0) is 10.8. The van der Waals surface area contributed by atoms with Crippen molar-refractivity contribution in [3.05, 3.63) is 28.8 Å². The van der Waals surface area contributed by atoms with Crippen LogP contribution in [-0.2, 0) is 11.2 Å². The molecule has 0 saturated heterocycles. The maximum Gasteiger partial charge on any atom is 0.149 e. The van der Waals surface area contributed by atoms with E-state index in [9.17, 15) is 4.79 Å². The summed E-state index contributed by atoms with van der Waals surface area (Å²) >= 11 is 5.54. The molecular weight excluding hydrogens is 226 g/mol. The SMILES string of the molecule is Cc1ccc2nc(CC(=O)CS)sc2c1. The molecule has 1 aromatic carbocycles. The summed E-state index contributed by atoms with van der Waals surface area (Å²) in [5, 5.41) is 0.884. The highest BCUT2D eigenvalue weighted by atomic mass is 32.1. The average Bonchev–Trinajstić information content (AvgIpc) is 2.59. The molecule has 0 N–H and O–H groups in total.